The number of hydrogen-bond donors (Lipinski definition) is 1. The van der Waals surface area contributed by atoms with Crippen LogP contribution in [0.25, 0.3) is 0 Å². The van der Waals surface area contributed by atoms with Gasteiger partial charge in [-0.25, -0.2) is 9.97 Å². The van der Waals surface area contributed by atoms with Crippen molar-refractivity contribution in [2.75, 3.05) is 5.73 Å². The maximum absolute atomic E-state index is 5.63. The minimum Gasteiger partial charge on any atom is -0.473 e. The Morgan fingerprint density at radius 2 is 1.89 bits per heavy atom. The van der Waals surface area contributed by atoms with E-state index in [0.717, 1.165) is 16.9 Å². The molecule has 4 heteroatoms. The lowest BCUT2D eigenvalue weighted by molar-refractivity contribution is 0.292. The maximum Gasteiger partial charge on any atom is 0.216 e. The number of aromatic nitrogens is 2. The van der Waals surface area contributed by atoms with E-state index in [2.05, 4.69) is 23.8 Å². The van der Waals surface area contributed by atoms with Crippen LogP contribution >= 0.6 is 0 Å². The Morgan fingerprint density at radius 1 is 1.17 bits per heavy atom. The molecule has 94 valence electrons. The van der Waals surface area contributed by atoms with Crippen LogP contribution in [0, 0.1) is 0 Å². The highest BCUT2D eigenvalue weighted by atomic mass is 16.5. The van der Waals surface area contributed by atoms with E-state index < -0.39 is 0 Å². The Bertz CT molecular complexity index is 509. The molecule has 0 bridgehead atoms. The molecule has 2 N–H and O–H groups in total. The van der Waals surface area contributed by atoms with E-state index in [-0.39, 0.29) is 0 Å². The largest absolute Gasteiger partial charge is 0.473 e. The second-order valence-electron chi connectivity index (χ2n) is 4.47. The first-order valence-corrected chi connectivity index (χ1v) is 5.94. The van der Waals surface area contributed by atoms with Gasteiger partial charge in [0.2, 0.25) is 5.88 Å². The van der Waals surface area contributed by atoms with Gasteiger partial charge in [0.05, 0.1) is 5.69 Å². The molecule has 0 amide bonds. The zero-order valence-corrected chi connectivity index (χ0v) is 10.6. The summed E-state index contributed by atoms with van der Waals surface area (Å²) in [7, 11) is 0. The van der Waals surface area contributed by atoms with E-state index in [0.29, 0.717) is 18.4 Å². The number of benzene rings is 1. The molecule has 4 nitrogen and oxygen atoms in total. The van der Waals surface area contributed by atoms with E-state index in [1.165, 1.54) is 6.33 Å². The molecule has 0 unspecified atom stereocenters. The van der Waals surface area contributed by atoms with Crippen LogP contribution in [0.5, 0.6) is 5.88 Å². The molecule has 1 aromatic heterocycles. The predicted molar refractivity (Wildman–Crippen MR) is 71.3 cm³/mol. The van der Waals surface area contributed by atoms with Crippen LogP contribution in [0.3, 0.4) is 0 Å². The molecule has 2 rings (SSSR count). The van der Waals surface area contributed by atoms with E-state index in [1.807, 2.05) is 30.3 Å². The molecule has 2 aromatic rings. The van der Waals surface area contributed by atoms with E-state index in [1.54, 1.807) is 0 Å². The van der Waals surface area contributed by atoms with Gasteiger partial charge in [-0.15, -0.1) is 0 Å². The SMILES string of the molecule is CC(C)c1cc(OCc2ccc(N)cc2)ncn1. The van der Waals surface area contributed by atoms with Gasteiger partial charge >= 0.3 is 0 Å². The first-order chi connectivity index (χ1) is 8.65. The molecule has 1 heterocycles. The molecular weight excluding hydrogens is 226 g/mol. The molecule has 0 radical (unpaired) electrons. The fraction of sp³-hybridized carbons (Fsp3) is 0.286. The Labute approximate surface area is 107 Å². The smallest absolute Gasteiger partial charge is 0.216 e. The fourth-order valence-electron chi connectivity index (χ4n) is 1.52. The summed E-state index contributed by atoms with van der Waals surface area (Å²) >= 11 is 0. The maximum atomic E-state index is 5.63. The number of nitrogens with zero attached hydrogens (tertiary/aromatic N) is 2. The van der Waals surface area contributed by atoms with Gasteiger partial charge in [-0.05, 0) is 23.6 Å². The summed E-state index contributed by atoms with van der Waals surface area (Å²) in [5.74, 6) is 0.970. The van der Waals surface area contributed by atoms with Crippen molar-refractivity contribution in [1.29, 1.82) is 0 Å². The summed E-state index contributed by atoms with van der Waals surface area (Å²) in [4.78, 5) is 8.29. The number of anilines is 1. The number of ether oxygens (including phenoxy) is 1. The average molecular weight is 243 g/mol. The Hall–Kier alpha value is -2.10. The van der Waals surface area contributed by atoms with Crippen LogP contribution in [0.2, 0.25) is 0 Å². The average Bonchev–Trinajstić information content (AvgIpc) is 2.38. The zero-order valence-electron chi connectivity index (χ0n) is 10.6. The molecule has 0 aliphatic rings. The van der Waals surface area contributed by atoms with Crippen LogP contribution in [-0.4, -0.2) is 9.97 Å². The standard InChI is InChI=1S/C14H17N3O/c1-10(2)13-7-14(17-9-16-13)18-8-11-3-5-12(15)6-4-11/h3-7,9-10H,8,15H2,1-2H3. The van der Waals surface area contributed by atoms with Crippen molar-refractivity contribution >= 4 is 5.69 Å². The quantitative estimate of drug-likeness (QED) is 0.839. The van der Waals surface area contributed by atoms with Crippen molar-refractivity contribution < 1.29 is 4.74 Å². The van der Waals surface area contributed by atoms with Gasteiger partial charge in [0.15, 0.2) is 0 Å². The Morgan fingerprint density at radius 3 is 2.56 bits per heavy atom. The lowest BCUT2D eigenvalue weighted by atomic mass is 10.1. The molecule has 0 fully saturated rings. The van der Waals surface area contributed by atoms with Crippen molar-refractivity contribution in [2.45, 2.75) is 26.4 Å². The molecule has 0 atom stereocenters. The van der Waals surface area contributed by atoms with E-state index in [4.69, 9.17) is 10.5 Å². The van der Waals surface area contributed by atoms with Crippen molar-refractivity contribution in [2.24, 2.45) is 0 Å². The van der Waals surface area contributed by atoms with Crippen molar-refractivity contribution in [3.05, 3.63) is 47.9 Å². The molecule has 0 aliphatic carbocycles. The van der Waals surface area contributed by atoms with Gasteiger partial charge in [-0.3, -0.25) is 0 Å². The van der Waals surface area contributed by atoms with Crippen LogP contribution in [0.1, 0.15) is 31.0 Å². The third-order valence-electron chi connectivity index (χ3n) is 2.62. The minimum atomic E-state index is 0.367. The van der Waals surface area contributed by atoms with Crippen LogP contribution < -0.4 is 10.5 Å². The highest BCUT2D eigenvalue weighted by molar-refractivity contribution is 5.39. The summed E-state index contributed by atoms with van der Waals surface area (Å²) in [6.45, 7) is 4.66. The van der Waals surface area contributed by atoms with Crippen LogP contribution in [0.4, 0.5) is 5.69 Å². The Kier molecular flexibility index (Phi) is 3.77. The number of hydrogen-bond acceptors (Lipinski definition) is 4. The second-order valence-corrected chi connectivity index (χ2v) is 4.47. The molecule has 0 aliphatic heterocycles. The molecule has 0 saturated carbocycles. The summed E-state index contributed by atoms with van der Waals surface area (Å²) in [6.07, 6.45) is 1.54. The van der Waals surface area contributed by atoms with E-state index >= 15 is 0 Å². The van der Waals surface area contributed by atoms with Crippen LogP contribution in [-0.2, 0) is 6.61 Å². The number of nitrogen functional groups attached to an aromatic ring is 1. The number of nitrogens with two attached hydrogens (primary N) is 1. The highest BCUT2D eigenvalue weighted by Gasteiger charge is 2.04. The van der Waals surface area contributed by atoms with Gasteiger partial charge in [-0.1, -0.05) is 26.0 Å². The van der Waals surface area contributed by atoms with Gasteiger partial charge < -0.3 is 10.5 Å². The number of rotatable bonds is 4. The summed E-state index contributed by atoms with van der Waals surface area (Å²) in [5, 5.41) is 0. The first-order valence-electron chi connectivity index (χ1n) is 5.94. The molecule has 0 saturated heterocycles. The van der Waals surface area contributed by atoms with Gasteiger partial charge in [0, 0.05) is 11.8 Å². The monoisotopic (exact) mass is 243 g/mol. The van der Waals surface area contributed by atoms with Crippen molar-refractivity contribution in [1.82, 2.24) is 9.97 Å². The van der Waals surface area contributed by atoms with Crippen molar-refractivity contribution in [3.63, 3.8) is 0 Å². The zero-order chi connectivity index (χ0) is 13.0. The third-order valence-corrected chi connectivity index (χ3v) is 2.62. The fourth-order valence-corrected chi connectivity index (χ4v) is 1.52. The van der Waals surface area contributed by atoms with Crippen LogP contribution in [0.15, 0.2) is 36.7 Å². The summed E-state index contributed by atoms with van der Waals surface area (Å²) in [5.41, 5.74) is 8.43. The lowest BCUT2D eigenvalue weighted by Crippen LogP contribution is -2.00. The predicted octanol–water partition coefficient (Wildman–Crippen LogP) is 2.76. The summed E-state index contributed by atoms with van der Waals surface area (Å²) in [6, 6.07) is 9.48. The molecule has 0 spiro atoms. The van der Waals surface area contributed by atoms with Crippen molar-refractivity contribution in [3.8, 4) is 5.88 Å². The Balaban J connectivity index is 2.01. The topological polar surface area (TPSA) is 61.0 Å². The van der Waals surface area contributed by atoms with E-state index in [9.17, 15) is 0 Å². The molecule has 18 heavy (non-hydrogen) atoms. The molecular formula is C14H17N3O. The normalized spacial score (nSPS) is 10.6. The lowest BCUT2D eigenvalue weighted by Gasteiger charge is -2.08. The summed E-state index contributed by atoms with van der Waals surface area (Å²) < 4.78 is 5.63. The van der Waals surface area contributed by atoms with Gasteiger partial charge in [0.25, 0.3) is 0 Å². The second kappa shape index (κ2) is 5.49. The van der Waals surface area contributed by atoms with Gasteiger partial charge in [0.1, 0.15) is 12.9 Å². The first kappa shape index (κ1) is 12.4. The minimum absolute atomic E-state index is 0.367. The van der Waals surface area contributed by atoms with Gasteiger partial charge in [-0.2, -0.15) is 0 Å². The molecule has 1 aromatic carbocycles. The highest BCUT2D eigenvalue weighted by Crippen LogP contribution is 2.16. The third kappa shape index (κ3) is 3.20.